The van der Waals surface area contributed by atoms with Crippen LogP contribution in [0.1, 0.15) is 46.5 Å². The van der Waals surface area contributed by atoms with Crippen LogP contribution in [0.25, 0.3) is 0 Å². The zero-order chi connectivity index (χ0) is 13.1. The maximum Gasteiger partial charge on any atom is 0.228 e. The van der Waals surface area contributed by atoms with Crippen LogP contribution >= 0.6 is 0 Å². The van der Waals surface area contributed by atoms with Gasteiger partial charge in [-0.15, -0.1) is 0 Å². The molecule has 0 N–H and O–H groups in total. The topological polar surface area (TPSA) is 43.4 Å². The van der Waals surface area contributed by atoms with Crippen molar-refractivity contribution in [2.24, 2.45) is 0 Å². The molecule has 0 atom stereocenters. The van der Waals surface area contributed by atoms with Gasteiger partial charge in [-0.05, 0) is 24.5 Å². The van der Waals surface area contributed by atoms with Gasteiger partial charge in [0.05, 0.1) is 6.61 Å². The van der Waals surface area contributed by atoms with Gasteiger partial charge in [-0.1, -0.05) is 26.0 Å². The summed E-state index contributed by atoms with van der Waals surface area (Å²) in [4.78, 5) is 24.1. The Morgan fingerprint density at radius 3 is 2.56 bits per heavy atom. The van der Waals surface area contributed by atoms with E-state index in [2.05, 4.69) is 0 Å². The molecule has 0 saturated heterocycles. The lowest BCUT2D eigenvalue weighted by atomic mass is 9.91. The van der Waals surface area contributed by atoms with Crippen molar-refractivity contribution in [2.45, 2.75) is 26.7 Å². The largest absolute Gasteiger partial charge is 0.489 e. The molecule has 0 fully saturated rings. The molecular formula is C15H16O3. The number of benzene rings is 1. The second-order valence-corrected chi connectivity index (χ2v) is 4.28. The maximum atomic E-state index is 12.2. The van der Waals surface area contributed by atoms with Crippen LogP contribution in [0.5, 0.6) is 0 Å². The SMILES string of the molecule is CCCOC1=CC(=O)c2ccc(CC)cc2C1=O. The van der Waals surface area contributed by atoms with Crippen molar-refractivity contribution in [3.05, 3.63) is 46.7 Å². The summed E-state index contributed by atoms with van der Waals surface area (Å²) in [5.74, 6) is -0.172. The Morgan fingerprint density at radius 1 is 1.11 bits per heavy atom. The highest BCUT2D eigenvalue weighted by atomic mass is 16.5. The fourth-order valence-electron chi connectivity index (χ4n) is 1.93. The third-order valence-electron chi connectivity index (χ3n) is 2.95. The highest BCUT2D eigenvalue weighted by Crippen LogP contribution is 2.23. The standard InChI is InChI=1S/C15H16O3/c1-3-7-18-14-9-13(16)11-6-5-10(4-2)8-12(11)15(14)17/h5-6,8-9H,3-4,7H2,1-2H3. The maximum absolute atomic E-state index is 12.2. The number of ether oxygens (including phenoxy) is 1. The minimum Gasteiger partial charge on any atom is -0.489 e. The molecule has 0 saturated carbocycles. The smallest absolute Gasteiger partial charge is 0.228 e. The normalized spacial score (nSPS) is 14.2. The van der Waals surface area contributed by atoms with E-state index >= 15 is 0 Å². The molecule has 0 aromatic heterocycles. The molecular weight excluding hydrogens is 228 g/mol. The van der Waals surface area contributed by atoms with E-state index in [0.717, 1.165) is 18.4 Å². The summed E-state index contributed by atoms with van der Waals surface area (Å²) in [7, 11) is 0. The Labute approximate surface area is 106 Å². The van der Waals surface area contributed by atoms with Crippen LogP contribution in [0.15, 0.2) is 30.0 Å². The Bertz CT molecular complexity index is 527. The first-order chi connectivity index (χ1) is 8.67. The lowest BCUT2D eigenvalue weighted by Gasteiger charge is -2.16. The molecule has 94 valence electrons. The summed E-state index contributed by atoms with van der Waals surface area (Å²) < 4.78 is 5.34. The summed E-state index contributed by atoms with van der Waals surface area (Å²) in [5, 5.41) is 0. The van der Waals surface area contributed by atoms with Gasteiger partial charge in [0.2, 0.25) is 5.78 Å². The van der Waals surface area contributed by atoms with Gasteiger partial charge < -0.3 is 4.74 Å². The van der Waals surface area contributed by atoms with Crippen LogP contribution in [0, 0.1) is 0 Å². The lowest BCUT2D eigenvalue weighted by Crippen LogP contribution is -2.19. The van der Waals surface area contributed by atoms with E-state index in [1.165, 1.54) is 6.08 Å². The van der Waals surface area contributed by atoms with E-state index in [4.69, 9.17) is 4.74 Å². The molecule has 0 amide bonds. The number of hydrogen-bond acceptors (Lipinski definition) is 3. The zero-order valence-corrected chi connectivity index (χ0v) is 10.7. The monoisotopic (exact) mass is 244 g/mol. The van der Waals surface area contributed by atoms with Gasteiger partial charge in [0, 0.05) is 17.2 Å². The molecule has 0 radical (unpaired) electrons. The van der Waals surface area contributed by atoms with E-state index in [1.807, 2.05) is 19.9 Å². The molecule has 2 rings (SSSR count). The molecule has 3 nitrogen and oxygen atoms in total. The summed E-state index contributed by atoms with van der Waals surface area (Å²) in [6.45, 7) is 4.42. The van der Waals surface area contributed by atoms with E-state index in [1.54, 1.807) is 12.1 Å². The Hall–Kier alpha value is -1.90. The highest BCUT2D eigenvalue weighted by molar-refractivity contribution is 6.23. The fraction of sp³-hybridized carbons (Fsp3) is 0.333. The van der Waals surface area contributed by atoms with Gasteiger partial charge in [-0.2, -0.15) is 0 Å². The number of rotatable bonds is 4. The summed E-state index contributed by atoms with van der Waals surface area (Å²) in [6.07, 6.45) is 2.94. The minimum absolute atomic E-state index is 0.154. The molecule has 18 heavy (non-hydrogen) atoms. The first-order valence-electron chi connectivity index (χ1n) is 6.23. The van der Waals surface area contributed by atoms with Crippen LogP contribution in [0.2, 0.25) is 0 Å². The number of aryl methyl sites for hydroxylation is 1. The van der Waals surface area contributed by atoms with Gasteiger partial charge in [0.25, 0.3) is 0 Å². The van der Waals surface area contributed by atoms with Crippen molar-refractivity contribution in [3.63, 3.8) is 0 Å². The molecule has 0 heterocycles. The van der Waals surface area contributed by atoms with Crippen LogP contribution < -0.4 is 0 Å². The summed E-state index contributed by atoms with van der Waals surface area (Å²) in [5.41, 5.74) is 1.99. The summed E-state index contributed by atoms with van der Waals surface area (Å²) in [6, 6.07) is 5.40. The predicted molar refractivity (Wildman–Crippen MR) is 68.8 cm³/mol. The molecule has 0 aliphatic heterocycles. The summed E-state index contributed by atoms with van der Waals surface area (Å²) >= 11 is 0. The van der Waals surface area contributed by atoms with E-state index < -0.39 is 0 Å². The third-order valence-corrected chi connectivity index (χ3v) is 2.95. The Kier molecular flexibility index (Phi) is 3.60. The first kappa shape index (κ1) is 12.6. The fourth-order valence-corrected chi connectivity index (χ4v) is 1.93. The molecule has 1 aromatic carbocycles. The molecule has 0 bridgehead atoms. The van der Waals surface area contributed by atoms with Crippen molar-refractivity contribution in [2.75, 3.05) is 6.61 Å². The number of ketones is 2. The van der Waals surface area contributed by atoms with Gasteiger partial charge in [-0.3, -0.25) is 9.59 Å². The second kappa shape index (κ2) is 5.17. The molecule has 1 aliphatic carbocycles. The van der Waals surface area contributed by atoms with Crippen molar-refractivity contribution in [3.8, 4) is 0 Å². The first-order valence-corrected chi connectivity index (χ1v) is 6.23. The van der Waals surface area contributed by atoms with Crippen LogP contribution in [0.4, 0.5) is 0 Å². The van der Waals surface area contributed by atoms with Gasteiger partial charge in [-0.25, -0.2) is 0 Å². The molecule has 1 aromatic rings. The van der Waals surface area contributed by atoms with Crippen molar-refractivity contribution < 1.29 is 14.3 Å². The number of Topliss-reactive ketones (excluding diaryl/α,β-unsaturated/α-hetero) is 1. The molecule has 1 aliphatic rings. The number of allylic oxidation sites excluding steroid dienone is 2. The van der Waals surface area contributed by atoms with Crippen LogP contribution in [-0.2, 0) is 11.2 Å². The van der Waals surface area contributed by atoms with Crippen LogP contribution in [0.3, 0.4) is 0 Å². The van der Waals surface area contributed by atoms with Gasteiger partial charge in [0.15, 0.2) is 11.5 Å². The highest BCUT2D eigenvalue weighted by Gasteiger charge is 2.26. The second-order valence-electron chi connectivity index (χ2n) is 4.28. The number of carbonyl (C=O) groups is 2. The molecule has 3 heteroatoms. The van der Waals surface area contributed by atoms with Crippen LogP contribution in [-0.4, -0.2) is 18.2 Å². The lowest BCUT2D eigenvalue weighted by molar-refractivity contribution is 0.0883. The average Bonchev–Trinajstić information content (AvgIpc) is 2.40. The van der Waals surface area contributed by atoms with Crippen molar-refractivity contribution in [1.82, 2.24) is 0 Å². The van der Waals surface area contributed by atoms with Crippen molar-refractivity contribution >= 4 is 11.6 Å². The number of fused-ring (bicyclic) bond motifs is 1. The Morgan fingerprint density at radius 2 is 1.89 bits per heavy atom. The van der Waals surface area contributed by atoms with E-state index in [0.29, 0.717) is 17.7 Å². The number of carbonyl (C=O) groups excluding carboxylic acids is 2. The van der Waals surface area contributed by atoms with E-state index in [9.17, 15) is 9.59 Å². The quantitative estimate of drug-likeness (QED) is 0.817. The zero-order valence-electron chi connectivity index (χ0n) is 10.7. The van der Waals surface area contributed by atoms with Gasteiger partial charge in [0.1, 0.15) is 0 Å². The van der Waals surface area contributed by atoms with Crippen molar-refractivity contribution in [1.29, 1.82) is 0 Å². The number of hydrogen-bond donors (Lipinski definition) is 0. The average molecular weight is 244 g/mol. The molecule has 0 unspecified atom stereocenters. The molecule has 0 spiro atoms. The Balaban J connectivity index is 2.39. The predicted octanol–water partition coefficient (Wildman–Crippen LogP) is 2.94. The third kappa shape index (κ3) is 2.21. The van der Waals surface area contributed by atoms with E-state index in [-0.39, 0.29) is 17.3 Å². The van der Waals surface area contributed by atoms with Gasteiger partial charge >= 0.3 is 0 Å². The minimum atomic E-state index is -0.187.